The van der Waals surface area contributed by atoms with Crippen molar-refractivity contribution in [2.24, 2.45) is 5.92 Å². The van der Waals surface area contributed by atoms with Crippen LogP contribution in [0.25, 0.3) is 0 Å². The zero-order valence-corrected chi connectivity index (χ0v) is 33.4. The number of hydrogen-bond donors (Lipinski definition) is 0. The molecule has 0 aliphatic carbocycles. The Morgan fingerprint density at radius 1 is 0.318 bits per heavy atom. The number of rotatable bonds is 37. The summed E-state index contributed by atoms with van der Waals surface area (Å²) in [4.78, 5) is 0. The molecule has 44 heavy (non-hydrogen) atoms. The Bertz CT molecular complexity index is 468. The van der Waals surface area contributed by atoms with E-state index in [9.17, 15) is 0 Å². The molecule has 0 rings (SSSR count). The van der Waals surface area contributed by atoms with Gasteiger partial charge >= 0.3 is 0 Å². The lowest BCUT2D eigenvalue weighted by Gasteiger charge is -2.39. The van der Waals surface area contributed by atoms with Crippen LogP contribution in [0.1, 0.15) is 240 Å². The fourth-order valence-electron chi connectivity index (χ4n) is 7.50. The molecule has 0 aliphatic rings. The Labute approximate surface area is 292 Å². The van der Waals surface area contributed by atoms with Gasteiger partial charge in [-0.05, 0) is 32.6 Å². The summed E-state index contributed by atoms with van der Waals surface area (Å²) in [5.41, 5.74) is 0. The van der Waals surface area contributed by atoms with E-state index in [0.717, 1.165) is 5.92 Å². The molecule has 268 valence electrons. The monoisotopic (exact) mass is 686 g/mol. The Kier molecular flexibility index (Phi) is 40.1. The summed E-state index contributed by atoms with van der Waals surface area (Å²) in [6.07, 6.45) is 47.0. The quantitative estimate of drug-likeness (QED) is 0.0451. The molecular formula is C42H88BrN. The van der Waals surface area contributed by atoms with Gasteiger partial charge in [0.15, 0.2) is 0 Å². The average Bonchev–Trinajstić information content (AvgIpc) is 3.00. The molecular weight excluding hydrogens is 598 g/mol. The zero-order chi connectivity index (χ0) is 31.5. The first-order valence-electron chi connectivity index (χ1n) is 20.9. The van der Waals surface area contributed by atoms with Gasteiger partial charge in [0.05, 0.1) is 26.2 Å². The second-order valence-corrected chi connectivity index (χ2v) is 15.3. The predicted octanol–water partition coefficient (Wildman–Crippen LogP) is 12.0. The minimum atomic E-state index is 0. The molecule has 0 aromatic heterocycles. The second kappa shape index (κ2) is 37.9. The Balaban J connectivity index is 0. The van der Waals surface area contributed by atoms with Gasteiger partial charge in [0.25, 0.3) is 0 Å². The van der Waals surface area contributed by atoms with Gasteiger partial charge in [0.1, 0.15) is 0 Å². The molecule has 0 heterocycles. The molecule has 0 bridgehead atoms. The van der Waals surface area contributed by atoms with Gasteiger partial charge in [0, 0.05) is 5.92 Å². The SMILES string of the molecule is CCCCCCCCCCCCCCCCCC[N+](CC)(CCCCCCCCCCCCCCCCCC)CC(C)C.[Br-]. The molecule has 0 atom stereocenters. The van der Waals surface area contributed by atoms with E-state index in [0.29, 0.717) is 0 Å². The maximum absolute atomic E-state index is 2.47. The topological polar surface area (TPSA) is 0 Å². The van der Waals surface area contributed by atoms with E-state index in [-0.39, 0.29) is 17.0 Å². The van der Waals surface area contributed by atoms with Crippen LogP contribution in [0, 0.1) is 5.92 Å². The molecule has 0 saturated carbocycles. The molecule has 0 aromatic carbocycles. The van der Waals surface area contributed by atoms with Gasteiger partial charge < -0.3 is 21.5 Å². The molecule has 2 heteroatoms. The molecule has 0 aliphatic heterocycles. The third-order valence-corrected chi connectivity index (χ3v) is 10.4. The summed E-state index contributed by atoms with van der Waals surface area (Å²) >= 11 is 0. The third-order valence-electron chi connectivity index (χ3n) is 10.4. The first-order chi connectivity index (χ1) is 21.1. The standard InChI is InChI=1S/C42H88N.BrH/c1-6-9-11-13-15-17-19-21-23-25-27-29-31-33-35-37-39-43(8-3,41-42(4)5)40-38-36-34-32-30-28-26-24-22-20-18-16-14-12-10-7-2;/h42H,6-41H2,1-5H3;1H/q+1;/p-1. The van der Waals surface area contributed by atoms with Crippen molar-refractivity contribution in [2.45, 2.75) is 240 Å². The number of nitrogens with zero attached hydrogens (tertiary/aromatic N) is 1. The molecule has 1 nitrogen and oxygen atoms in total. The van der Waals surface area contributed by atoms with Gasteiger partial charge in [-0.2, -0.15) is 0 Å². The molecule has 0 fully saturated rings. The van der Waals surface area contributed by atoms with E-state index >= 15 is 0 Å². The predicted molar refractivity (Wildman–Crippen MR) is 199 cm³/mol. The lowest BCUT2D eigenvalue weighted by atomic mass is 10.0. The maximum Gasteiger partial charge on any atom is 0.0809 e. The van der Waals surface area contributed by atoms with Gasteiger partial charge in [-0.15, -0.1) is 0 Å². The number of quaternary nitrogens is 1. The molecule has 0 spiro atoms. The second-order valence-electron chi connectivity index (χ2n) is 15.3. The van der Waals surface area contributed by atoms with Crippen molar-refractivity contribution < 1.29 is 21.5 Å². The highest BCUT2D eigenvalue weighted by Crippen LogP contribution is 2.19. The van der Waals surface area contributed by atoms with E-state index in [1.165, 1.54) is 236 Å². The van der Waals surface area contributed by atoms with Gasteiger partial charge in [-0.3, -0.25) is 0 Å². The fraction of sp³-hybridized carbons (Fsp3) is 1.00. The summed E-state index contributed by atoms with van der Waals surface area (Å²) in [6, 6.07) is 0. The van der Waals surface area contributed by atoms with Crippen LogP contribution < -0.4 is 17.0 Å². The molecule has 0 radical (unpaired) electrons. The minimum Gasteiger partial charge on any atom is -1.00 e. The van der Waals surface area contributed by atoms with Crippen molar-refractivity contribution in [1.82, 2.24) is 0 Å². The van der Waals surface area contributed by atoms with Crippen LogP contribution in [0.2, 0.25) is 0 Å². The van der Waals surface area contributed by atoms with Gasteiger partial charge in [-0.1, -0.05) is 207 Å². The van der Waals surface area contributed by atoms with Crippen molar-refractivity contribution in [3.63, 3.8) is 0 Å². The van der Waals surface area contributed by atoms with E-state index in [1.54, 1.807) is 0 Å². The van der Waals surface area contributed by atoms with Crippen LogP contribution in [0.3, 0.4) is 0 Å². The first-order valence-corrected chi connectivity index (χ1v) is 20.9. The number of halogens is 1. The Morgan fingerprint density at radius 3 is 0.705 bits per heavy atom. The van der Waals surface area contributed by atoms with Crippen molar-refractivity contribution in [3.05, 3.63) is 0 Å². The van der Waals surface area contributed by atoms with E-state index in [4.69, 9.17) is 0 Å². The normalized spacial score (nSPS) is 11.9. The molecule has 0 saturated heterocycles. The lowest BCUT2D eigenvalue weighted by Crippen LogP contribution is -3.00. The zero-order valence-electron chi connectivity index (χ0n) is 31.9. The minimum absolute atomic E-state index is 0. The van der Waals surface area contributed by atoms with Crippen molar-refractivity contribution in [1.29, 1.82) is 0 Å². The summed E-state index contributed by atoms with van der Waals surface area (Å²) in [5.74, 6) is 0.821. The van der Waals surface area contributed by atoms with Crippen molar-refractivity contribution in [3.8, 4) is 0 Å². The highest BCUT2D eigenvalue weighted by molar-refractivity contribution is 4.55. The summed E-state index contributed by atoms with van der Waals surface area (Å²) in [5, 5.41) is 0. The Morgan fingerprint density at radius 2 is 0.523 bits per heavy atom. The third kappa shape index (κ3) is 33.8. The van der Waals surface area contributed by atoms with Crippen LogP contribution in [0.5, 0.6) is 0 Å². The van der Waals surface area contributed by atoms with Crippen LogP contribution in [0.15, 0.2) is 0 Å². The van der Waals surface area contributed by atoms with Gasteiger partial charge in [-0.25, -0.2) is 0 Å². The van der Waals surface area contributed by atoms with E-state index in [2.05, 4.69) is 34.6 Å². The summed E-state index contributed by atoms with van der Waals surface area (Å²) < 4.78 is 1.40. The first kappa shape index (κ1) is 46.6. The van der Waals surface area contributed by atoms with Gasteiger partial charge in [0.2, 0.25) is 0 Å². The molecule has 0 aromatic rings. The van der Waals surface area contributed by atoms with E-state index < -0.39 is 0 Å². The molecule has 0 unspecified atom stereocenters. The van der Waals surface area contributed by atoms with Crippen molar-refractivity contribution in [2.75, 3.05) is 26.2 Å². The van der Waals surface area contributed by atoms with Crippen LogP contribution in [-0.2, 0) is 0 Å². The number of hydrogen-bond acceptors (Lipinski definition) is 0. The average molecular weight is 687 g/mol. The highest BCUT2D eigenvalue weighted by atomic mass is 79.9. The lowest BCUT2D eigenvalue weighted by molar-refractivity contribution is -0.929. The summed E-state index contributed by atoms with van der Waals surface area (Å²) in [6.45, 7) is 17.6. The maximum atomic E-state index is 2.47. The van der Waals surface area contributed by atoms with Crippen LogP contribution in [-0.4, -0.2) is 30.7 Å². The highest BCUT2D eigenvalue weighted by Gasteiger charge is 2.25. The largest absolute Gasteiger partial charge is 1.00 e. The molecule has 0 N–H and O–H groups in total. The Hall–Kier alpha value is 0.440. The molecule has 0 amide bonds. The van der Waals surface area contributed by atoms with Crippen LogP contribution >= 0.6 is 0 Å². The van der Waals surface area contributed by atoms with Crippen molar-refractivity contribution >= 4 is 0 Å². The summed E-state index contributed by atoms with van der Waals surface area (Å²) in [7, 11) is 0. The number of unbranched alkanes of at least 4 members (excludes halogenated alkanes) is 30. The van der Waals surface area contributed by atoms with Crippen LogP contribution in [0.4, 0.5) is 0 Å². The van der Waals surface area contributed by atoms with E-state index in [1.807, 2.05) is 0 Å². The fourth-order valence-corrected chi connectivity index (χ4v) is 7.50. The smallest absolute Gasteiger partial charge is 0.0809 e.